The predicted molar refractivity (Wildman–Crippen MR) is 79.9 cm³/mol. The number of furan rings is 1. The molecule has 5 heteroatoms. The van der Waals surface area contributed by atoms with Gasteiger partial charge in [-0.2, -0.15) is 0 Å². The Labute approximate surface area is 125 Å². The lowest BCUT2D eigenvalue weighted by Gasteiger charge is -2.06. The Balaban J connectivity index is 1.87. The van der Waals surface area contributed by atoms with Crippen molar-refractivity contribution < 1.29 is 13.6 Å². The molecule has 0 saturated heterocycles. The Morgan fingerprint density at radius 2 is 1.82 bits per heavy atom. The van der Waals surface area contributed by atoms with E-state index in [1.807, 2.05) is 30.3 Å². The molecule has 2 heterocycles. The molecule has 0 aliphatic rings. The second kappa shape index (κ2) is 5.04. The molecule has 4 nitrogen and oxygen atoms in total. The van der Waals surface area contributed by atoms with Crippen LogP contribution in [0.15, 0.2) is 71.5 Å². The standard InChI is InChI=1S/C17H11FN2O2/c18-14-6-2-4-8-16(14)22-20-15-7-3-1-5-13(15)17(19-20)12-9-10-21-11-12/h1-11H. The molecule has 0 unspecified atom stereocenters. The van der Waals surface area contributed by atoms with Crippen molar-refractivity contribution in [2.75, 3.05) is 0 Å². The highest BCUT2D eigenvalue weighted by Crippen LogP contribution is 2.29. The second-order valence-corrected chi connectivity index (χ2v) is 4.77. The summed E-state index contributed by atoms with van der Waals surface area (Å²) in [5, 5.41) is 5.34. The van der Waals surface area contributed by atoms with Crippen molar-refractivity contribution in [3.8, 4) is 17.0 Å². The number of rotatable bonds is 3. The first kappa shape index (κ1) is 12.6. The summed E-state index contributed by atoms with van der Waals surface area (Å²) >= 11 is 0. The summed E-state index contributed by atoms with van der Waals surface area (Å²) in [7, 11) is 0. The summed E-state index contributed by atoms with van der Waals surface area (Å²) in [4.78, 5) is 6.93. The minimum Gasteiger partial charge on any atom is -0.472 e. The first-order valence-corrected chi connectivity index (χ1v) is 6.76. The smallest absolute Gasteiger partial charge is 0.193 e. The van der Waals surface area contributed by atoms with Crippen LogP contribution in [0.2, 0.25) is 0 Å². The molecule has 0 amide bonds. The van der Waals surface area contributed by atoms with Crippen LogP contribution in [0.5, 0.6) is 5.75 Å². The average molecular weight is 294 g/mol. The monoisotopic (exact) mass is 294 g/mol. The summed E-state index contributed by atoms with van der Waals surface area (Å²) in [5.41, 5.74) is 2.31. The zero-order chi connectivity index (χ0) is 14.9. The van der Waals surface area contributed by atoms with Crippen molar-refractivity contribution in [1.82, 2.24) is 9.94 Å². The zero-order valence-electron chi connectivity index (χ0n) is 11.4. The second-order valence-electron chi connectivity index (χ2n) is 4.77. The van der Waals surface area contributed by atoms with Crippen molar-refractivity contribution in [3.05, 3.63) is 72.9 Å². The molecular weight excluding hydrogens is 283 g/mol. The molecule has 0 atom stereocenters. The van der Waals surface area contributed by atoms with E-state index >= 15 is 0 Å². The van der Waals surface area contributed by atoms with Gasteiger partial charge in [-0.15, -0.1) is 5.10 Å². The fourth-order valence-electron chi connectivity index (χ4n) is 2.33. The molecule has 0 radical (unpaired) electrons. The van der Waals surface area contributed by atoms with Crippen molar-refractivity contribution >= 4 is 10.9 Å². The highest BCUT2D eigenvalue weighted by Gasteiger charge is 2.15. The maximum Gasteiger partial charge on any atom is 0.193 e. The van der Waals surface area contributed by atoms with Gasteiger partial charge in [0.05, 0.1) is 12.5 Å². The van der Waals surface area contributed by atoms with Crippen LogP contribution >= 0.6 is 0 Å². The number of hydrogen-bond donors (Lipinski definition) is 0. The highest BCUT2D eigenvalue weighted by molar-refractivity contribution is 5.92. The summed E-state index contributed by atoms with van der Waals surface area (Å²) in [6, 6.07) is 15.6. The van der Waals surface area contributed by atoms with Gasteiger partial charge in [0.2, 0.25) is 0 Å². The van der Waals surface area contributed by atoms with E-state index in [1.54, 1.807) is 30.7 Å². The van der Waals surface area contributed by atoms with Crippen molar-refractivity contribution in [3.63, 3.8) is 0 Å². The SMILES string of the molecule is Fc1ccccc1On1nc(-c2ccoc2)c2ccccc21. The van der Waals surface area contributed by atoms with Gasteiger partial charge < -0.3 is 9.25 Å². The molecule has 0 saturated carbocycles. The molecule has 0 fully saturated rings. The van der Waals surface area contributed by atoms with Crippen molar-refractivity contribution in [2.45, 2.75) is 0 Å². The summed E-state index contributed by atoms with van der Waals surface area (Å²) in [6.07, 6.45) is 3.20. The third-order valence-electron chi connectivity index (χ3n) is 3.37. The predicted octanol–water partition coefficient (Wildman–Crippen LogP) is 4.28. The Kier molecular flexibility index (Phi) is 2.89. The van der Waals surface area contributed by atoms with Crippen LogP contribution in [-0.2, 0) is 0 Å². The van der Waals surface area contributed by atoms with E-state index in [4.69, 9.17) is 9.25 Å². The molecule has 22 heavy (non-hydrogen) atoms. The molecule has 0 bridgehead atoms. The minimum absolute atomic E-state index is 0.120. The Morgan fingerprint density at radius 1 is 1.00 bits per heavy atom. The first-order chi connectivity index (χ1) is 10.8. The lowest BCUT2D eigenvalue weighted by Crippen LogP contribution is -2.08. The first-order valence-electron chi connectivity index (χ1n) is 6.76. The van der Waals surface area contributed by atoms with Gasteiger partial charge in [0, 0.05) is 10.9 Å². The van der Waals surface area contributed by atoms with Crippen LogP contribution in [0.4, 0.5) is 4.39 Å². The summed E-state index contributed by atoms with van der Waals surface area (Å²) in [5.74, 6) is -0.318. The normalized spacial score (nSPS) is 11.0. The maximum atomic E-state index is 13.8. The molecule has 0 aliphatic heterocycles. The maximum absolute atomic E-state index is 13.8. The van der Waals surface area contributed by atoms with Crippen molar-refractivity contribution in [1.29, 1.82) is 0 Å². The van der Waals surface area contributed by atoms with Gasteiger partial charge in [0.1, 0.15) is 11.2 Å². The third-order valence-corrected chi connectivity index (χ3v) is 3.37. The van der Waals surface area contributed by atoms with Crippen LogP contribution < -0.4 is 4.84 Å². The van der Waals surface area contributed by atoms with Crippen LogP contribution in [0.1, 0.15) is 0 Å². The fraction of sp³-hybridized carbons (Fsp3) is 0. The van der Waals surface area contributed by atoms with E-state index in [0.717, 1.165) is 22.2 Å². The lowest BCUT2D eigenvalue weighted by molar-refractivity contribution is 0.182. The van der Waals surface area contributed by atoms with E-state index in [0.29, 0.717) is 0 Å². The van der Waals surface area contributed by atoms with Gasteiger partial charge in [0.25, 0.3) is 0 Å². The average Bonchev–Trinajstić information content (AvgIpc) is 3.18. The van der Waals surface area contributed by atoms with E-state index < -0.39 is 5.82 Å². The molecular formula is C17H11FN2O2. The molecule has 2 aromatic carbocycles. The molecule has 4 aromatic rings. The molecule has 0 N–H and O–H groups in total. The summed E-state index contributed by atoms with van der Waals surface area (Å²) in [6.45, 7) is 0. The minimum atomic E-state index is -0.438. The molecule has 2 aromatic heterocycles. The number of nitrogens with zero attached hydrogens (tertiary/aromatic N) is 2. The largest absolute Gasteiger partial charge is 0.472 e. The van der Waals surface area contributed by atoms with Crippen LogP contribution in [-0.4, -0.2) is 9.94 Å². The van der Waals surface area contributed by atoms with Crippen molar-refractivity contribution in [2.24, 2.45) is 0 Å². The Morgan fingerprint density at radius 3 is 2.64 bits per heavy atom. The van der Waals surface area contributed by atoms with Gasteiger partial charge in [0.15, 0.2) is 11.6 Å². The van der Waals surface area contributed by atoms with Gasteiger partial charge in [-0.25, -0.2) is 4.39 Å². The number of halogens is 1. The Bertz CT molecular complexity index is 929. The topological polar surface area (TPSA) is 40.2 Å². The molecule has 0 spiro atoms. The van der Waals surface area contributed by atoms with Gasteiger partial charge >= 0.3 is 0 Å². The van der Waals surface area contributed by atoms with Gasteiger partial charge in [-0.1, -0.05) is 35.2 Å². The number of aromatic nitrogens is 2. The molecule has 108 valence electrons. The third kappa shape index (κ3) is 2.03. The summed E-state index contributed by atoms with van der Waals surface area (Å²) < 4.78 is 18.9. The van der Waals surface area contributed by atoms with Crippen LogP contribution in [0, 0.1) is 5.82 Å². The van der Waals surface area contributed by atoms with E-state index in [9.17, 15) is 4.39 Å². The Hall–Kier alpha value is -3.08. The number of hydrogen-bond acceptors (Lipinski definition) is 3. The highest BCUT2D eigenvalue weighted by atomic mass is 19.1. The molecule has 4 rings (SSSR count). The van der Waals surface area contributed by atoms with Crippen LogP contribution in [0.25, 0.3) is 22.2 Å². The fourth-order valence-corrected chi connectivity index (χ4v) is 2.33. The van der Waals surface area contributed by atoms with E-state index in [-0.39, 0.29) is 5.75 Å². The van der Waals surface area contributed by atoms with Gasteiger partial charge in [-0.3, -0.25) is 0 Å². The van der Waals surface area contributed by atoms with Gasteiger partial charge in [-0.05, 0) is 24.3 Å². The number of benzene rings is 2. The van der Waals surface area contributed by atoms with Crippen LogP contribution in [0.3, 0.4) is 0 Å². The lowest BCUT2D eigenvalue weighted by atomic mass is 10.1. The van der Waals surface area contributed by atoms with E-state index in [2.05, 4.69) is 5.10 Å². The zero-order valence-corrected chi connectivity index (χ0v) is 11.4. The number of para-hydroxylation sites is 2. The van der Waals surface area contributed by atoms with E-state index in [1.165, 1.54) is 10.9 Å². The molecule has 0 aliphatic carbocycles. The number of fused-ring (bicyclic) bond motifs is 1. The quantitative estimate of drug-likeness (QED) is 0.566.